The second-order valence-corrected chi connectivity index (χ2v) is 11.4. The predicted octanol–water partition coefficient (Wildman–Crippen LogP) is 5.09. The van der Waals surface area contributed by atoms with Crippen molar-refractivity contribution in [2.24, 2.45) is 18.9 Å². The Balaban J connectivity index is 1.44. The number of esters is 1. The van der Waals surface area contributed by atoms with E-state index in [0.717, 1.165) is 35.9 Å². The van der Waals surface area contributed by atoms with Gasteiger partial charge >= 0.3 is 5.97 Å². The van der Waals surface area contributed by atoms with Crippen LogP contribution in [0.25, 0.3) is 32.8 Å². The fourth-order valence-corrected chi connectivity index (χ4v) is 6.55. The van der Waals surface area contributed by atoms with E-state index in [1.165, 1.54) is 30.2 Å². The summed E-state index contributed by atoms with van der Waals surface area (Å²) in [6, 6.07) is 7.39. The third-order valence-corrected chi connectivity index (χ3v) is 8.77. The molecule has 0 spiro atoms. The van der Waals surface area contributed by atoms with E-state index in [0.29, 0.717) is 35.7 Å². The highest BCUT2D eigenvalue weighted by molar-refractivity contribution is 7.16. The summed E-state index contributed by atoms with van der Waals surface area (Å²) < 4.78 is 15.2. The maximum atomic E-state index is 13.7. The number of aromatic nitrogens is 3. The van der Waals surface area contributed by atoms with Gasteiger partial charge in [0.05, 0.1) is 25.4 Å². The Morgan fingerprint density at radius 1 is 1.14 bits per heavy atom. The lowest BCUT2D eigenvalue weighted by Gasteiger charge is -2.37. The van der Waals surface area contributed by atoms with E-state index in [4.69, 9.17) is 14.5 Å². The number of fused-ring (bicyclic) bond motifs is 2. The lowest BCUT2D eigenvalue weighted by atomic mass is 9.93. The van der Waals surface area contributed by atoms with Gasteiger partial charge in [-0.15, -0.1) is 11.3 Å². The molecule has 1 saturated carbocycles. The average Bonchev–Trinajstić information content (AvgIpc) is 3.35. The van der Waals surface area contributed by atoms with Crippen LogP contribution in [0.4, 0.5) is 0 Å². The van der Waals surface area contributed by atoms with Crippen molar-refractivity contribution in [1.29, 1.82) is 0 Å². The number of benzene rings is 1. The quantitative estimate of drug-likeness (QED) is 0.331. The predicted molar refractivity (Wildman–Crippen MR) is 144 cm³/mol. The number of carbonyl (C=O) groups excluding carboxylic acids is 2. The smallest absolute Gasteiger partial charge is 0.328 e. The second kappa shape index (κ2) is 9.20. The standard InChI is InChI=1S/C28H32N4O4S/c1-16-5-8-21(28(34)36-4)31(14-16)26(33)19-11-20-24(23(13-19)35-3)30(2)25(29-20)22-12-18-9-10-37-27(18)32(22)15-17-6-7-17/h9-13,16-17,21H,5-8,14-15H2,1-4H3. The number of rotatable bonds is 6. The summed E-state index contributed by atoms with van der Waals surface area (Å²) in [5.74, 6) is 1.89. The first-order chi connectivity index (χ1) is 17.9. The van der Waals surface area contributed by atoms with Crippen LogP contribution < -0.4 is 4.74 Å². The molecule has 1 saturated heterocycles. The number of likely N-dealkylation sites (tertiary alicyclic amines) is 1. The van der Waals surface area contributed by atoms with Crippen LogP contribution in [0.1, 0.15) is 43.0 Å². The van der Waals surface area contributed by atoms with Crippen molar-refractivity contribution >= 4 is 44.5 Å². The Bertz CT molecular complexity index is 1510. The number of amides is 1. The summed E-state index contributed by atoms with van der Waals surface area (Å²) in [5, 5.41) is 3.36. The van der Waals surface area contributed by atoms with Crippen molar-refractivity contribution in [1.82, 2.24) is 19.0 Å². The third-order valence-electron chi connectivity index (χ3n) is 7.82. The third kappa shape index (κ3) is 4.09. The number of piperidine rings is 1. The largest absolute Gasteiger partial charge is 0.494 e. The molecule has 194 valence electrons. The van der Waals surface area contributed by atoms with Gasteiger partial charge in [-0.3, -0.25) is 4.79 Å². The lowest BCUT2D eigenvalue weighted by Crippen LogP contribution is -2.50. The molecule has 0 radical (unpaired) electrons. The highest BCUT2D eigenvalue weighted by atomic mass is 32.1. The van der Waals surface area contributed by atoms with Crippen LogP contribution in [-0.4, -0.2) is 57.7 Å². The Morgan fingerprint density at radius 2 is 1.95 bits per heavy atom. The molecule has 2 aliphatic rings. The number of hydrogen-bond acceptors (Lipinski definition) is 6. The zero-order valence-electron chi connectivity index (χ0n) is 21.7. The first kappa shape index (κ1) is 24.0. The molecule has 4 aromatic rings. The molecule has 6 rings (SSSR count). The van der Waals surface area contributed by atoms with Crippen LogP contribution >= 0.6 is 11.3 Å². The van der Waals surface area contributed by atoms with E-state index < -0.39 is 6.04 Å². The van der Waals surface area contributed by atoms with Crippen LogP contribution in [0.2, 0.25) is 0 Å². The van der Waals surface area contributed by atoms with Gasteiger partial charge in [0.15, 0.2) is 5.82 Å². The molecule has 2 fully saturated rings. The molecule has 2 atom stereocenters. The van der Waals surface area contributed by atoms with Crippen LogP contribution in [0.15, 0.2) is 29.6 Å². The van der Waals surface area contributed by atoms with Gasteiger partial charge in [-0.05, 0) is 67.2 Å². The SMILES string of the molecule is COC(=O)C1CCC(C)CN1C(=O)c1cc(OC)c2c(c1)nc(-c1cc3ccsc3n1CC1CC1)n2C. The Labute approximate surface area is 219 Å². The second-order valence-electron chi connectivity index (χ2n) is 10.5. The lowest BCUT2D eigenvalue weighted by molar-refractivity contribution is -0.147. The highest BCUT2D eigenvalue weighted by Crippen LogP contribution is 2.39. The molecule has 8 nitrogen and oxygen atoms in total. The van der Waals surface area contributed by atoms with Crippen molar-refractivity contribution in [2.75, 3.05) is 20.8 Å². The minimum absolute atomic E-state index is 0.202. The summed E-state index contributed by atoms with van der Waals surface area (Å²) in [5.41, 5.74) is 3.08. The van der Waals surface area contributed by atoms with Crippen molar-refractivity contribution in [3.8, 4) is 17.3 Å². The van der Waals surface area contributed by atoms with Crippen molar-refractivity contribution in [3.05, 3.63) is 35.2 Å². The van der Waals surface area contributed by atoms with Gasteiger partial charge in [-0.25, -0.2) is 9.78 Å². The molecule has 1 aromatic carbocycles. The minimum Gasteiger partial charge on any atom is -0.494 e. The number of aryl methyl sites for hydroxylation is 1. The van der Waals surface area contributed by atoms with Crippen molar-refractivity contribution in [3.63, 3.8) is 0 Å². The maximum absolute atomic E-state index is 13.7. The molecule has 2 unspecified atom stereocenters. The monoisotopic (exact) mass is 520 g/mol. The molecule has 1 aliphatic heterocycles. The van der Waals surface area contributed by atoms with E-state index in [1.54, 1.807) is 29.4 Å². The fraction of sp³-hybridized carbons (Fsp3) is 0.464. The van der Waals surface area contributed by atoms with Crippen LogP contribution in [0, 0.1) is 11.8 Å². The Hall–Kier alpha value is -3.33. The summed E-state index contributed by atoms with van der Waals surface area (Å²) in [6.07, 6.45) is 4.03. The highest BCUT2D eigenvalue weighted by Gasteiger charge is 2.36. The van der Waals surface area contributed by atoms with Gasteiger partial charge in [0.1, 0.15) is 22.1 Å². The molecule has 3 aromatic heterocycles. The number of ether oxygens (including phenoxy) is 2. The summed E-state index contributed by atoms with van der Waals surface area (Å²) in [7, 11) is 4.98. The fourth-order valence-electron chi connectivity index (χ4n) is 5.64. The van der Waals surface area contributed by atoms with Crippen molar-refractivity contribution < 1.29 is 19.1 Å². The van der Waals surface area contributed by atoms with Gasteiger partial charge in [-0.1, -0.05) is 6.92 Å². The average molecular weight is 521 g/mol. The van der Waals surface area contributed by atoms with E-state index in [9.17, 15) is 9.59 Å². The molecule has 0 N–H and O–H groups in total. The summed E-state index contributed by atoms with van der Waals surface area (Å²) >= 11 is 1.76. The zero-order valence-corrected chi connectivity index (χ0v) is 22.5. The Kier molecular flexibility index (Phi) is 5.98. The molecule has 1 aliphatic carbocycles. The number of imidazole rings is 1. The van der Waals surface area contributed by atoms with Gasteiger partial charge in [0.25, 0.3) is 5.91 Å². The van der Waals surface area contributed by atoms with E-state index in [1.807, 2.05) is 13.1 Å². The van der Waals surface area contributed by atoms with Gasteiger partial charge < -0.3 is 23.5 Å². The first-order valence-electron chi connectivity index (χ1n) is 12.9. The van der Waals surface area contributed by atoms with Gasteiger partial charge in [0.2, 0.25) is 0 Å². The van der Waals surface area contributed by atoms with Gasteiger partial charge in [-0.2, -0.15) is 0 Å². The van der Waals surface area contributed by atoms with Crippen LogP contribution in [-0.2, 0) is 23.1 Å². The molecule has 0 bridgehead atoms. The first-order valence-corrected chi connectivity index (χ1v) is 13.8. The number of hydrogen-bond donors (Lipinski definition) is 0. The number of carbonyl (C=O) groups is 2. The molecule has 4 heterocycles. The molecule has 1 amide bonds. The number of nitrogens with zero attached hydrogens (tertiary/aromatic N) is 4. The normalized spacial score (nSPS) is 20.1. The van der Waals surface area contributed by atoms with Crippen LogP contribution in [0.5, 0.6) is 5.75 Å². The van der Waals surface area contributed by atoms with Crippen molar-refractivity contribution in [2.45, 2.75) is 45.2 Å². The zero-order chi connectivity index (χ0) is 25.8. The Morgan fingerprint density at radius 3 is 2.68 bits per heavy atom. The molecule has 9 heteroatoms. The molecule has 37 heavy (non-hydrogen) atoms. The van der Waals surface area contributed by atoms with E-state index >= 15 is 0 Å². The summed E-state index contributed by atoms with van der Waals surface area (Å²) in [6.45, 7) is 3.60. The molecular formula is C28H32N4O4S. The minimum atomic E-state index is -0.576. The van der Waals surface area contributed by atoms with E-state index in [-0.39, 0.29) is 11.9 Å². The topological polar surface area (TPSA) is 78.6 Å². The molecular weight excluding hydrogens is 488 g/mol. The summed E-state index contributed by atoms with van der Waals surface area (Å²) in [4.78, 5) is 34.2. The maximum Gasteiger partial charge on any atom is 0.328 e. The number of thiophene rings is 1. The number of methoxy groups -OCH3 is 2. The van der Waals surface area contributed by atoms with E-state index in [2.05, 4.69) is 33.6 Å². The van der Waals surface area contributed by atoms with Crippen LogP contribution in [0.3, 0.4) is 0 Å². The van der Waals surface area contributed by atoms with Gasteiger partial charge in [0, 0.05) is 31.1 Å².